The Bertz CT molecular complexity index is 2310. The van der Waals surface area contributed by atoms with Crippen LogP contribution in [0.25, 0.3) is 56.1 Å². The number of hydrogen-bond acceptors (Lipinski definition) is 4. The molecule has 0 N–H and O–H groups in total. The molecule has 1 aromatic heterocycles. The number of nitrogens with zero attached hydrogens (tertiary/aromatic N) is 4. The van der Waals surface area contributed by atoms with Crippen molar-refractivity contribution in [3.05, 3.63) is 175 Å². The third kappa shape index (κ3) is 4.74. The molecule has 9 rings (SSSR count). The normalized spacial score (nSPS) is 16.3. The molecular weight excluding hydrogens is 573 g/mol. The van der Waals surface area contributed by atoms with Gasteiger partial charge in [0.25, 0.3) is 0 Å². The Kier molecular flexibility index (Phi) is 6.57. The van der Waals surface area contributed by atoms with Crippen LogP contribution in [0.1, 0.15) is 11.5 Å². The van der Waals surface area contributed by atoms with E-state index < -0.39 is 0 Å². The van der Waals surface area contributed by atoms with Gasteiger partial charge >= 0.3 is 0 Å². The van der Waals surface area contributed by atoms with Crippen LogP contribution in [-0.4, -0.2) is 21.0 Å². The molecule has 0 spiro atoms. The number of hydrogen-bond donors (Lipinski definition) is 0. The summed E-state index contributed by atoms with van der Waals surface area (Å²) in [7, 11) is 0. The van der Waals surface area contributed by atoms with E-state index in [1.807, 2.05) is 24.3 Å². The summed E-state index contributed by atoms with van der Waals surface area (Å²) in [4.78, 5) is 17.7. The first kappa shape index (κ1) is 27.2. The van der Waals surface area contributed by atoms with E-state index in [4.69, 9.17) is 15.0 Å². The van der Waals surface area contributed by atoms with Crippen LogP contribution >= 0.6 is 0 Å². The molecule has 1 aliphatic carbocycles. The fourth-order valence-corrected chi connectivity index (χ4v) is 7.04. The number of aromatic nitrogens is 3. The number of allylic oxidation sites excluding steroid dienone is 2. The summed E-state index contributed by atoms with van der Waals surface area (Å²) in [6.07, 6.45) is 8.98. The van der Waals surface area contributed by atoms with Crippen LogP contribution in [0.3, 0.4) is 0 Å². The monoisotopic (exact) mass is 602 g/mol. The van der Waals surface area contributed by atoms with Gasteiger partial charge < -0.3 is 4.90 Å². The van der Waals surface area contributed by atoms with Crippen molar-refractivity contribution < 1.29 is 0 Å². The molecule has 0 fully saturated rings. The SMILES string of the molecule is C1=CC2c3ccccc3N(c3ccc(-c4nc(-c5ccccc5)nc(-c5ccc(-c6ccccc6)cc5)n4)c4ccccc34)C2C=C1. The van der Waals surface area contributed by atoms with E-state index in [1.54, 1.807) is 0 Å². The minimum absolute atomic E-state index is 0.221. The number of anilines is 2. The lowest BCUT2D eigenvalue weighted by molar-refractivity contribution is 0.746. The van der Waals surface area contributed by atoms with E-state index in [2.05, 4.69) is 151 Å². The predicted molar refractivity (Wildman–Crippen MR) is 192 cm³/mol. The molecule has 2 atom stereocenters. The third-order valence-corrected chi connectivity index (χ3v) is 9.28. The first-order valence-corrected chi connectivity index (χ1v) is 16.0. The van der Waals surface area contributed by atoms with Gasteiger partial charge in [-0.3, -0.25) is 0 Å². The topological polar surface area (TPSA) is 41.9 Å². The number of rotatable bonds is 5. The van der Waals surface area contributed by atoms with Crippen LogP contribution in [0, 0.1) is 0 Å². The Labute approximate surface area is 274 Å². The van der Waals surface area contributed by atoms with Gasteiger partial charge in [-0.05, 0) is 40.3 Å². The van der Waals surface area contributed by atoms with Gasteiger partial charge in [-0.25, -0.2) is 15.0 Å². The van der Waals surface area contributed by atoms with E-state index in [1.165, 1.54) is 27.9 Å². The molecule has 0 bridgehead atoms. The highest BCUT2D eigenvalue weighted by Gasteiger charge is 2.37. The maximum Gasteiger partial charge on any atom is 0.164 e. The fraction of sp³-hybridized carbons (Fsp3) is 0.0465. The second-order valence-corrected chi connectivity index (χ2v) is 12.0. The van der Waals surface area contributed by atoms with Crippen LogP contribution in [0.2, 0.25) is 0 Å². The minimum Gasteiger partial charge on any atom is -0.333 e. The van der Waals surface area contributed by atoms with Gasteiger partial charge in [0.2, 0.25) is 0 Å². The predicted octanol–water partition coefficient (Wildman–Crippen LogP) is 10.4. The van der Waals surface area contributed by atoms with Crippen molar-refractivity contribution in [1.29, 1.82) is 0 Å². The highest BCUT2D eigenvalue weighted by atomic mass is 15.2. The van der Waals surface area contributed by atoms with Gasteiger partial charge in [0.1, 0.15) is 0 Å². The molecule has 7 aromatic rings. The van der Waals surface area contributed by atoms with Crippen molar-refractivity contribution in [2.75, 3.05) is 4.90 Å². The van der Waals surface area contributed by atoms with E-state index >= 15 is 0 Å². The van der Waals surface area contributed by atoms with Crippen LogP contribution in [0.5, 0.6) is 0 Å². The maximum absolute atomic E-state index is 5.12. The van der Waals surface area contributed by atoms with Crippen molar-refractivity contribution in [1.82, 2.24) is 15.0 Å². The molecule has 4 heteroatoms. The van der Waals surface area contributed by atoms with E-state index in [0.29, 0.717) is 23.4 Å². The second-order valence-electron chi connectivity index (χ2n) is 12.0. The summed E-state index contributed by atoms with van der Waals surface area (Å²) < 4.78 is 0. The zero-order chi connectivity index (χ0) is 31.2. The molecule has 2 unspecified atom stereocenters. The van der Waals surface area contributed by atoms with Gasteiger partial charge in [0.15, 0.2) is 17.5 Å². The summed E-state index contributed by atoms with van der Waals surface area (Å²) in [5, 5.41) is 2.27. The van der Waals surface area contributed by atoms with Crippen molar-refractivity contribution >= 4 is 22.1 Å². The van der Waals surface area contributed by atoms with E-state index in [-0.39, 0.29) is 6.04 Å². The first-order chi connectivity index (χ1) is 23.3. The minimum atomic E-state index is 0.221. The molecule has 222 valence electrons. The quantitative estimate of drug-likeness (QED) is 0.197. The Morgan fingerprint density at radius 2 is 0.957 bits per heavy atom. The van der Waals surface area contributed by atoms with Gasteiger partial charge in [0.05, 0.1) is 6.04 Å². The van der Waals surface area contributed by atoms with Crippen LogP contribution in [0.15, 0.2) is 170 Å². The van der Waals surface area contributed by atoms with Crippen molar-refractivity contribution in [3.8, 4) is 45.3 Å². The van der Waals surface area contributed by atoms with E-state index in [0.717, 1.165) is 27.6 Å². The van der Waals surface area contributed by atoms with Gasteiger partial charge in [-0.15, -0.1) is 0 Å². The Morgan fingerprint density at radius 3 is 1.72 bits per heavy atom. The summed E-state index contributed by atoms with van der Waals surface area (Å²) in [6, 6.07) is 51.1. The highest BCUT2D eigenvalue weighted by molar-refractivity contribution is 6.04. The zero-order valence-corrected chi connectivity index (χ0v) is 25.6. The number of fused-ring (bicyclic) bond motifs is 4. The first-order valence-electron chi connectivity index (χ1n) is 16.0. The van der Waals surface area contributed by atoms with Crippen molar-refractivity contribution in [2.45, 2.75) is 12.0 Å². The summed E-state index contributed by atoms with van der Waals surface area (Å²) >= 11 is 0. The van der Waals surface area contributed by atoms with Crippen LogP contribution in [0.4, 0.5) is 11.4 Å². The zero-order valence-electron chi connectivity index (χ0n) is 25.6. The third-order valence-electron chi connectivity index (χ3n) is 9.28. The molecule has 2 heterocycles. The van der Waals surface area contributed by atoms with Crippen molar-refractivity contribution in [3.63, 3.8) is 0 Å². The lowest BCUT2D eigenvalue weighted by Crippen LogP contribution is -2.28. The smallest absolute Gasteiger partial charge is 0.164 e. The average molecular weight is 603 g/mol. The fourth-order valence-electron chi connectivity index (χ4n) is 7.04. The molecule has 0 amide bonds. The van der Waals surface area contributed by atoms with Crippen LogP contribution < -0.4 is 4.90 Å². The lowest BCUT2D eigenvalue weighted by Gasteiger charge is -2.30. The van der Waals surface area contributed by atoms with Gasteiger partial charge in [0, 0.05) is 39.4 Å². The Hall–Kier alpha value is -6.13. The van der Waals surface area contributed by atoms with Gasteiger partial charge in [-0.1, -0.05) is 152 Å². The molecular formula is C43H30N4. The summed E-state index contributed by atoms with van der Waals surface area (Å²) in [5.74, 6) is 2.28. The molecule has 0 saturated heterocycles. The molecule has 6 aromatic carbocycles. The molecule has 0 saturated carbocycles. The largest absolute Gasteiger partial charge is 0.333 e. The van der Waals surface area contributed by atoms with E-state index in [9.17, 15) is 0 Å². The molecule has 0 radical (unpaired) electrons. The van der Waals surface area contributed by atoms with Gasteiger partial charge in [-0.2, -0.15) is 0 Å². The lowest BCUT2D eigenvalue weighted by atomic mass is 9.91. The Morgan fingerprint density at radius 1 is 0.404 bits per heavy atom. The molecule has 47 heavy (non-hydrogen) atoms. The maximum atomic E-state index is 5.12. The highest BCUT2D eigenvalue weighted by Crippen LogP contribution is 2.49. The summed E-state index contributed by atoms with van der Waals surface area (Å²) in [6.45, 7) is 0. The number of para-hydroxylation sites is 1. The standard InChI is InChI=1S/C43H30N4/c1-3-13-29(14-4-1)30-23-25-32(26-24-30)42-44-41(31-15-5-2-6-16-31)45-43(46-42)37-27-28-40(34-18-8-7-17-33(34)37)47-38-21-11-9-19-35(38)36-20-10-12-22-39(36)47/h1-28,35,38H. The molecule has 4 nitrogen and oxygen atoms in total. The molecule has 2 aliphatic rings. The van der Waals surface area contributed by atoms with Crippen LogP contribution in [-0.2, 0) is 0 Å². The van der Waals surface area contributed by atoms with Crippen molar-refractivity contribution in [2.24, 2.45) is 0 Å². The number of benzene rings is 6. The average Bonchev–Trinajstić information content (AvgIpc) is 3.49. The Balaban J connectivity index is 1.20. The summed E-state index contributed by atoms with van der Waals surface area (Å²) in [5.41, 5.74) is 9.01. The second kappa shape index (κ2) is 11.3. The molecule has 1 aliphatic heterocycles.